The first-order valence-electron chi connectivity index (χ1n) is 7.53. The summed E-state index contributed by atoms with van der Waals surface area (Å²) in [6, 6.07) is 2.65. The van der Waals surface area contributed by atoms with Gasteiger partial charge in [-0.15, -0.1) is 0 Å². The Balaban J connectivity index is 1.87. The number of aromatic nitrogens is 2. The molecule has 0 aliphatic carbocycles. The van der Waals surface area contributed by atoms with Crippen molar-refractivity contribution in [3.8, 4) is 0 Å². The Bertz CT molecular complexity index is 391. The zero-order chi connectivity index (χ0) is 13.9. The fraction of sp³-hybridized carbons (Fsp3) is 0.800. The third-order valence-electron chi connectivity index (χ3n) is 4.65. The molecule has 2 heterocycles. The molecule has 1 aromatic heterocycles. The van der Waals surface area contributed by atoms with Gasteiger partial charge >= 0.3 is 0 Å². The van der Waals surface area contributed by atoms with Crippen LogP contribution in [0.4, 0.5) is 0 Å². The molecule has 2 N–H and O–H groups in total. The van der Waals surface area contributed by atoms with Crippen LogP contribution in [0.3, 0.4) is 0 Å². The van der Waals surface area contributed by atoms with Crippen molar-refractivity contribution in [1.29, 1.82) is 0 Å². The van der Waals surface area contributed by atoms with Crippen molar-refractivity contribution < 1.29 is 0 Å². The summed E-state index contributed by atoms with van der Waals surface area (Å²) in [5.41, 5.74) is 7.40. The van der Waals surface area contributed by atoms with E-state index in [1.165, 1.54) is 18.5 Å². The van der Waals surface area contributed by atoms with E-state index >= 15 is 0 Å². The Morgan fingerprint density at radius 1 is 1.42 bits per heavy atom. The molecular formula is C15H28N4. The lowest BCUT2D eigenvalue weighted by molar-refractivity contribution is 0.118. The molecule has 0 spiro atoms. The van der Waals surface area contributed by atoms with Crippen LogP contribution in [0, 0.1) is 5.41 Å². The minimum absolute atomic E-state index is 0.354. The van der Waals surface area contributed by atoms with Crippen LogP contribution in [-0.2, 0) is 6.54 Å². The van der Waals surface area contributed by atoms with Gasteiger partial charge in [0.25, 0.3) is 0 Å². The Morgan fingerprint density at radius 3 is 2.68 bits per heavy atom. The van der Waals surface area contributed by atoms with Crippen molar-refractivity contribution in [2.24, 2.45) is 11.1 Å². The maximum absolute atomic E-state index is 5.85. The van der Waals surface area contributed by atoms with Gasteiger partial charge in [0.15, 0.2) is 0 Å². The van der Waals surface area contributed by atoms with Gasteiger partial charge in [-0.1, -0.05) is 13.8 Å². The van der Waals surface area contributed by atoms with Gasteiger partial charge in [-0.25, -0.2) is 0 Å². The van der Waals surface area contributed by atoms with Gasteiger partial charge in [0.2, 0.25) is 0 Å². The summed E-state index contributed by atoms with van der Waals surface area (Å²) in [6.07, 6.45) is 5.64. The molecule has 0 bridgehead atoms. The van der Waals surface area contributed by atoms with Crippen LogP contribution in [0.1, 0.15) is 51.8 Å². The molecule has 0 amide bonds. The van der Waals surface area contributed by atoms with E-state index < -0.39 is 0 Å². The minimum Gasteiger partial charge on any atom is -0.330 e. The van der Waals surface area contributed by atoms with Crippen molar-refractivity contribution >= 4 is 0 Å². The summed E-state index contributed by atoms with van der Waals surface area (Å²) in [4.78, 5) is 2.50. The van der Waals surface area contributed by atoms with E-state index in [-0.39, 0.29) is 0 Å². The van der Waals surface area contributed by atoms with Gasteiger partial charge in [0, 0.05) is 18.8 Å². The predicted octanol–water partition coefficient (Wildman–Crippen LogP) is 2.41. The largest absolute Gasteiger partial charge is 0.330 e. The highest BCUT2D eigenvalue weighted by Crippen LogP contribution is 2.29. The molecule has 0 saturated carbocycles. The summed E-state index contributed by atoms with van der Waals surface area (Å²) in [5.74, 6) is 0. The van der Waals surface area contributed by atoms with E-state index in [2.05, 4.69) is 47.7 Å². The molecule has 1 unspecified atom stereocenters. The minimum atomic E-state index is 0.354. The second-order valence-electron chi connectivity index (χ2n) is 6.34. The van der Waals surface area contributed by atoms with Crippen LogP contribution >= 0.6 is 0 Å². The van der Waals surface area contributed by atoms with Crippen LogP contribution in [0.25, 0.3) is 0 Å². The Labute approximate surface area is 117 Å². The van der Waals surface area contributed by atoms with Crippen LogP contribution in [0.5, 0.6) is 0 Å². The lowest BCUT2D eigenvalue weighted by Crippen LogP contribution is -2.41. The third kappa shape index (κ3) is 3.57. The number of piperidine rings is 1. The number of hydrogen-bond donors (Lipinski definition) is 1. The average Bonchev–Trinajstić information content (AvgIpc) is 2.89. The van der Waals surface area contributed by atoms with Crippen LogP contribution in [0.2, 0.25) is 0 Å². The monoisotopic (exact) mass is 264 g/mol. The Hall–Kier alpha value is -0.870. The number of rotatable bonds is 5. The van der Waals surface area contributed by atoms with Crippen LogP contribution < -0.4 is 5.73 Å². The molecule has 1 aromatic rings. The highest BCUT2D eigenvalue weighted by Gasteiger charge is 2.28. The van der Waals surface area contributed by atoms with Gasteiger partial charge < -0.3 is 5.73 Å². The zero-order valence-corrected chi connectivity index (χ0v) is 12.6. The molecule has 2 rings (SSSR count). The van der Waals surface area contributed by atoms with Crippen LogP contribution in [-0.4, -0.2) is 34.3 Å². The topological polar surface area (TPSA) is 47.1 Å². The van der Waals surface area contributed by atoms with E-state index in [0.717, 1.165) is 32.6 Å². The molecule has 0 radical (unpaired) electrons. The van der Waals surface area contributed by atoms with Crippen molar-refractivity contribution in [1.82, 2.24) is 14.7 Å². The smallest absolute Gasteiger partial charge is 0.0764 e. The summed E-state index contributed by atoms with van der Waals surface area (Å²) in [7, 11) is 0. The maximum atomic E-state index is 5.85. The first kappa shape index (κ1) is 14.5. The summed E-state index contributed by atoms with van der Waals surface area (Å²) in [5, 5.41) is 4.68. The molecule has 1 atom stereocenters. The molecule has 1 fully saturated rings. The molecule has 108 valence electrons. The Kier molecular flexibility index (Phi) is 4.63. The predicted molar refractivity (Wildman–Crippen MR) is 78.9 cm³/mol. The number of nitrogens with zero attached hydrogens (tertiary/aromatic N) is 3. The SMILES string of the molecule is CCC(C)n1ccc(CN2CCC(C)(CN)CC2)n1. The molecule has 4 nitrogen and oxygen atoms in total. The summed E-state index contributed by atoms with van der Waals surface area (Å²) < 4.78 is 2.09. The molecule has 1 saturated heterocycles. The first-order valence-corrected chi connectivity index (χ1v) is 7.53. The third-order valence-corrected chi connectivity index (χ3v) is 4.65. The first-order chi connectivity index (χ1) is 9.06. The second-order valence-corrected chi connectivity index (χ2v) is 6.34. The van der Waals surface area contributed by atoms with Crippen molar-refractivity contribution in [2.45, 2.75) is 52.6 Å². The van der Waals surface area contributed by atoms with Gasteiger partial charge in [0.05, 0.1) is 5.69 Å². The van der Waals surface area contributed by atoms with E-state index in [9.17, 15) is 0 Å². The summed E-state index contributed by atoms with van der Waals surface area (Å²) in [6.45, 7) is 10.8. The molecule has 19 heavy (non-hydrogen) atoms. The molecule has 1 aliphatic rings. The van der Waals surface area contributed by atoms with Crippen LogP contribution in [0.15, 0.2) is 12.3 Å². The normalized spacial score (nSPS) is 21.5. The summed E-state index contributed by atoms with van der Waals surface area (Å²) >= 11 is 0. The Morgan fingerprint density at radius 2 is 2.11 bits per heavy atom. The van der Waals surface area contributed by atoms with Crippen molar-refractivity contribution in [2.75, 3.05) is 19.6 Å². The average molecular weight is 264 g/mol. The maximum Gasteiger partial charge on any atom is 0.0764 e. The van der Waals surface area contributed by atoms with Crippen molar-refractivity contribution in [3.63, 3.8) is 0 Å². The molecule has 1 aliphatic heterocycles. The highest BCUT2D eigenvalue weighted by atomic mass is 15.3. The highest BCUT2D eigenvalue weighted by molar-refractivity contribution is 5.00. The molecular weight excluding hydrogens is 236 g/mol. The standard InChI is InChI=1S/C15H28N4/c1-4-13(2)19-8-5-14(17-19)11-18-9-6-15(3,12-16)7-10-18/h5,8,13H,4,6-7,9-12,16H2,1-3H3. The molecule has 0 aromatic carbocycles. The zero-order valence-electron chi connectivity index (χ0n) is 12.6. The second kappa shape index (κ2) is 6.06. The number of nitrogens with two attached hydrogens (primary N) is 1. The van der Waals surface area contributed by atoms with Crippen molar-refractivity contribution in [3.05, 3.63) is 18.0 Å². The van der Waals surface area contributed by atoms with E-state index in [0.29, 0.717) is 11.5 Å². The van der Waals surface area contributed by atoms with Gasteiger partial charge in [-0.2, -0.15) is 5.10 Å². The van der Waals surface area contributed by atoms with E-state index in [4.69, 9.17) is 5.73 Å². The lowest BCUT2D eigenvalue weighted by Gasteiger charge is -2.38. The fourth-order valence-electron chi connectivity index (χ4n) is 2.58. The lowest BCUT2D eigenvalue weighted by atomic mass is 9.80. The number of hydrogen-bond acceptors (Lipinski definition) is 3. The van der Waals surface area contributed by atoms with E-state index in [1.54, 1.807) is 0 Å². The van der Waals surface area contributed by atoms with E-state index in [1.807, 2.05) is 0 Å². The van der Waals surface area contributed by atoms with Gasteiger partial charge in [0.1, 0.15) is 0 Å². The molecule has 4 heteroatoms. The fourth-order valence-corrected chi connectivity index (χ4v) is 2.58. The quantitative estimate of drug-likeness (QED) is 0.888. The number of likely N-dealkylation sites (tertiary alicyclic amines) is 1. The van der Waals surface area contributed by atoms with Gasteiger partial charge in [-0.05, 0) is 57.3 Å². The van der Waals surface area contributed by atoms with Gasteiger partial charge in [-0.3, -0.25) is 9.58 Å².